The minimum absolute atomic E-state index is 0.00588. The number of hydrogen-bond donors (Lipinski definition) is 3. The lowest BCUT2D eigenvalue weighted by molar-refractivity contribution is -0.143. The van der Waals surface area contributed by atoms with Gasteiger partial charge in [0.05, 0.1) is 25.4 Å². The van der Waals surface area contributed by atoms with Crippen molar-refractivity contribution < 1.29 is 24.5 Å². The summed E-state index contributed by atoms with van der Waals surface area (Å²) in [7, 11) is 0. The van der Waals surface area contributed by atoms with Crippen LogP contribution in [0.3, 0.4) is 0 Å². The van der Waals surface area contributed by atoms with Crippen LogP contribution < -0.4 is 5.32 Å². The summed E-state index contributed by atoms with van der Waals surface area (Å²) in [6.07, 6.45) is 65.2. The Morgan fingerprint density at radius 1 is 0.364 bits per heavy atom. The van der Waals surface area contributed by atoms with Gasteiger partial charge in [-0.3, -0.25) is 9.59 Å². The molecule has 0 saturated carbocycles. The van der Waals surface area contributed by atoms with Crippen molar-refractivity contribution in [1.29, 1.82) is 0 Å². The summed E-state index contributed by atoms with van der Waals surface area (Å²) in [6, 6.07) is -0.547. The van der Waals surface area contributed by atoms with Crippen LogP contribution in [-0.4, -0.2) is 47.4 Å². The Morgan fingerprint density at radius 2 is 0.621 bits per heavy atom. The molecule has 0 bridgehead atoms. The second kappa shape index (κ2) is 56.4. The number of carbonyl (C=O) groups excluding carboxylic acids is 2. The van der Waals surface area contributed by atoms with Crippen molar-refractivity contribution in [2.24, 2.45) is 0 Å². The SMILES string of the molecule is CCCCCCCCCCCCCCCCCCCC(=O)OCCCCCCCCCCCCCCCCCC(=O)NC(CO)C(O)CCCCCCCCCCCCCCCCCCC. The van der Waals surface area contributed by atoms with Gasteiger partial charge in [0, 0.05) is 12.8 Å². The Balaban J connectivity index is 3.40. The maximum Gasteiger partial charge on any atom is 0.305 e. The molecule has 0 aromatic heterocycles. The molecule has 0 heterocycles. The minimum Gasteiger partial charge on any atom is -0.466 e. The lowest BCUT2D eigenvalue weighted by atomic mass is 10.0. The number of aliphatic hydroxyl groups excluding tert-OH is 2. The highest BCUT2D eigenvalue weighted by Gasteiger charge is 2.20. The van der Waals surface area contributed by atoms with Crippen LogP contribution in [0.25, 0.3) is 0 Å². The first-order valence-corrected chi connectivity index (χ1v) is 30.3. The molecule has 1 amide bonds. The largest absolute Gasteiger partial charge is 0.466 e. The summed E-state index contributed by atoms with van der Waals surface area (Å²) in [5.41, 5.74) is 0. The van der Waals surface area contributed by atoms with Gasteiger partial charge in [0.2, 0.25) is 5.91 Å². The zero-order chi connectivity index (χ0) is 47.9. The van der Waals surface area contributed by atoms with E-state index in [9.17, 15) is 19.8 Å². The Bertz CT molecular complexity index is 944. The van der Waals surface area contributed by atoms with Crippen molar-refractivity contribution in [3.63, 3.8) is 0 Å². The van der Waals surface area contributed by atoms with E-state index in [-0.39, 0.29) is 18.5 Å². The van der Waals surface area contributed by atoms with Gasteiger partial charge >= 0.3 is 5.97 Å². The second-order valence-corrected chi connectivity index (χ2v) is 21.1. The molecular weight excluding hydrogens is 815 g/mol. The van der Waals surface area contributed by atoms with Gasteiger partial charge in [0.15, 0.2) is 0 Å². The molecule has 0 aliphatic carbocycles. The highest BCUT2D eigenvalue weighted by molar-refractivity contribution is 5.76. The molecule has 0 rings (SSSR count). The first kappa shape index (κ1) is 64.9. The first-order valence-electron chi connectivity index (χ1n) is 30.3. The van der Waals surface area contributed by atoms with Crippen LogP contribution in [0.4, 0.5) is 0 Å². The molecule has 0 spiro atoms. The molecule has 6 heteroatoms. The third kappa shape index (κ3) is 52.2. The monoisotopic (exact) mass is 934 g/mol. The van der Waals surface area contributed by atoms with E-state index in [2.05, 4.69) is 19.2 Å². The minimum atomic E-state index is -0.669. The van der Waals surface area contributed by atoms with Gasteiger partial charge in [-0.15, -0.1) is 0 Å². The number of hydrogen-bond acceptors (Lipinski definition) is 5. The summed E-state index contributed by atoms with van der Waals surface area (Å²) in [4.78, 5) is 24.6. The fraction of sp³-hybridized carbons (Fsp3) is 0.967. The van der Waals surface area contributed by atoms with Gasteiger partial charge < -0.3 is 20.3 Å². The third-order valence-corrected chi connectivity index (χ3v) is 14.4. The Morgan fingerprint density at radius 3 is 0.924 bits per heavy atom. The zero-order valence-electron chi connectivity index (χ0n) is 45.0. The maximum atomic E-state index is 12.5. The topological polar surface area (TPSA) is 95.9 Å². The molecule has 394 valence electrons. The van der Waals surface area contributed by atoms with E-state index in [1.54, 1.807) is 0 Å². The number of carbonyl (C=O) groups is 2. The van der Waals surface area contributed by atoms with Crippen molar-refractivity contribution in [3.05, 3.63) is 0 Å². The van der Waals surface area contributed by atoms with E-state index in [1.807, 2.05) is 0 Å². The molecule has 6 nitrogen and oxygen atoms in total. The van der Waals surface area contributed by atoms with Crippen LogP contribution in [0.1, 0.15) is 348 Å². The van der Waals surface area contributed by atoms with Gasteiger partial charge in [-0.05, 0) is 25.7 Å². The fourth-order valence-electron chi connectivity index (χ4n) is 9.76. The van der Waals surface area contributed by atoms with Gasteiger partial charge in [0.1, 0.15) is 0 Å². The van der Waals surface area contributed by atoms with E-state index in [0.717, 1.165) is 44.9 Å². The van der Waals surface area contributed by atoms with Crippen LogP contribution in [-0.2, 0) is 14.3 Å². The quantitative estimate of drug-likeness (QED) is 0.0417. The Kier molecular flexibility index (Phi) is 55.5. The summed E-state index contributed by atoms with van der Waals surface area (Å²) >= 11 is 0. The molecular formula is C60H119NO5. The van der Waals surface area contributed by atoms with Crippen LogP contribution in [0, 0.1) is 0 Å². The molecule has 0 saturated heterocycles. The second-order valence-electron chi connectivity index (χ2n) is 21.1. The van der Waals surface area contributed by atoms with Crippen LogP contribution in [0.15, 0.2) is 0 Å². The predicted molar refractivity (Wildman–Crippen MR) is 287 cm³/mol. The number of amides is 1. The molecule has 66 heavy (non-hydrogen) atoms. The van der Waals surface area contributed by atoms with Crippen molar-refractivity contribution >= 4 is 11.9 Å². The number of nitrogens with one attached hydrogen (secondary N) is 1. The van der Waals surface area contributed by atoms with Crippen LogP contribution >= 0.6 is 0 Å². The van der Waals surface area contributed by atoms with Gasteiger partial charge in [-0.1, -0.05) is 309 Å². The maximum absolute atomic E-state index is 12.5. The normalized spacial score (nSPS) is 12.5. The molecule has 3 N–H and O–H groups in total. The fourth-order valence-corrected chi connectivity index (χ4v) is 9.76. The Labute approximate surface area is 413 Å². The molecule has 0 aliphatic rings. The van der Waals surface area contributed by atoms with E-state index < -0.39 is 12.1 Å². The lowest BCUT2D eigenvalue weighted by Crippen LogP contribution is -2.45. The number of esters is 1. The molecule has 0 aliphatic heterocycles. The van der Waals surface area contributed by atoms with E-state index >= 15 is 0 Å². The third-order valence-electron chi connectivity index (χ3n) is 14.4. The number of aliphatic hydroxyl groups is 2. The summed E-state index contributed by atoms with van der Waals surface area (Å²) in [5, 5.41) is 23.3. The summed E-state index contributed by atoms with van der Waals surface area (Å²) in [6.45, 7) is 4.97. The molecule has 0 aromatic carbocycles. The average Bonchev–Trinajstić information content (AvgIpc) is 3.32. The summed E-state index contributed by atoms with van der Waals surface area (Å²) in [5.74, 6) is -0.0338. The highest BCUT2D eigenvalue weighted by atomic mass is 16.5. The van der Waals surface area contributed by atoms with Crippen LogP contribution in [0.2, 0.25) is 0 Å². The van der Waals surface area contributed by atoms with Crippen LogP contribution in [0.5, 0.6) is 0 Å². The van der Waals surface area contributed by atoms with E-state index in [0.29, 0.717) is 25.9 Å². The standard InChI is InChI=1S/C60H119NO5/c1-3-5-7-9-11-13-15-17-19-21-24-28-32-36-40-44-48-52-58(63)57(56-62)61-59(64)53-49-45-41-37-33-29-25-23-27-31-35-39-43-47-51-55-66-60(65)54-50-46-42-38-34-30-26-22-20-18-16-14-12-10-8-6-4-2/h57-58,62-63H,3-56H2,1-2H3,(H,61,64). The first-order chi connectivity index (χ1) is 32.5. The Hall–Kier alpha value is -1.14. The molecule has 0 aromatic rings. The predicted octanol–water partition coefficient (Wildman–Crippen LogP) is 18.7. The van der Waals surface area contributed by atoms with Gasteiger partial charge in [-0.2, -0.15) is 0 Å². The average molecular weight is 935 g/mol. The zero-order valence-corrected chi connectivity index (χ0v) is 45.0. The van der Waals surface area contributed by atoms with Gasteiger partial charge in [0.25, 0.3) is 0 Å². The van der Waals surface area contributed by atoms with Crippen molar-refractivity contribution in [2.75, 3.05) is 13.2 Å². The number of rotatable bonds is 57. The molecule has 0 radical (unpaired) electrons. The number of unbranched alkanes of at least 4 members (excludes halogenated alkanes) is 46. The van der Waals surface area contributed by atoms with Crippen molar-refractivity contribution in [1.82, 2.24) is 5.32 Å². The van der Waals surface area contributed by atoms with E-state index in [1.165, 1.54) is 270 Å². The van der Waals surface area contributed by atoms with E-state index in [4.69, 9.17) is 4.74 Å². The smallest absolute Gasteiger partial charge is 0.305 e. The highest BCUT2D eigenvalue weighted by Crippen LogP contribution is 2.18. The molecule has 0 fully saturated rings. The lowest BCUT2D eigenvalue weighted by Gasteiger charge is -2.22. The molecule has 2 unspecified atom stereocenters. The van der Waals surface area contributed by atoms with Gasteiger partial charge in [-0.25, -0.2) is 0 Å². The number of ether oxygens (including phenoxy) is 1. The van der Waals surface area contributed by atoms with Crippen molar-refractivity contribution in [3.8, 4) is 0 Å². The van der Waals surface area contributed by atoms with Crippen molar-refractivity contribution in [2.45, 2.75) is 360 Å². The molecule has 2 atom stereocenters. The summed E-state index contributed by atoms with van der Waals surface area (Å²) < 4.78 is 5.49.